The minimum Gasteiger partial charge on any atom is -0.449 e. The molecule has 0 saturated heterocycles. The molecule has 0 bridgehead atoms. The summed E-state index contributed by atoms with van der Waals surface area (Å²) in [6, 6.07) is 6.65. The summed E-state index contributed by atoms with van der Waals surface area (Å²) in [6.45, 7) is 1.54. The molecule has 6 heteroatoms. The zero-order valence-electron chi connectivity index (χ0n) is 13.3. The Balaban J connectivity index is 2.30. The molecular formula is C18H14ClNO4. The predicted molar refractivity (Wildman–Crippen MR) is 89.6 cm³/mol. The molecule has 1 aliphatic carbocycles. The van der Waals surface area contributed by atoms with Gasteiger partial charge in [0.15, 0.2) is 11.6 Å². The summed E-state index contributed by atoms with van der Waals surface area (Å²) in [6.07, 6.45) is 1.27. The molecule has 3 rings (SSSR count). The van der Waals surface area contributed by atoms with E-state index in [2.05, 4.69) is 0 Å². The van der Waals surface area contributed by atoms with Gasteiger partial charge in [0, 0.05) is 30.3 Å². The molecular weight excluding hydrogens is 330 g/mol. The molecule has 0 aliphatic heterocycles. The SMILES string of the molecule is CC1=CC(=O)c2c(-c3ccc(Cl)cc3)oc(C(=O)N(C)C)c2C1=O. The monoisotopic (exact) mass is 343 g/mol. The fourth-order valence-corrected chi connectivity index (χ4v) is 2.70. The van der Waals surface area contributed by atoms with E-state index in [0.717, 1.165) is 0 Å². The number of hydrogen-bond acceptors (Lipinski definition) is 4. The van der Waals surface area contributed by atoms with Gasteiger partial charge in [-0.3, -0.25) is 14.4 Å². The van der Waals surface area contributed by atoms with Crippen molar-refractivity contribution >= 4 is 29.1 Å². The van der Waals surface area contributed by atoms with E-state index in [4.69, 9.17) is 16.0 Å². The Morgan fingerprint density at radius 3 is 2.29 bits per heavy atom. The van der Waals surface area contributed by atoms with E-state index in [-0.39, 0.29) is 39.8 Å². The third-order valence-electron chi connectivity index (χ3n) is 3.79. The lowest BCUT2D eigenvalue weighted by Gasteiger charge is -2.11. The standard InChI is InChI=1S/C18H14ClNO4/c1-9-8-12(21)13-14(15(9)22)17(18(23)20(2)3)24-16(13)10-4-6-11(19)7-5-10/h4-8H,1-3H3. The average Bonchev–Trinajstić information content (AvgIpc) is 2.93. The number of fused-ring (bicyclic) bond motifs is 1. The molecule has 5 nitrogen and oxygen atoms in total. The molecule has 1 aliphatic rings. The molecule has 1 aromatic heterocycles. The minimum absolute atomic E-state index is 0.0312. The van der Waals surface area contributed by atoms with Gasteiger partial charge in [0.1, 0.15) is 5.76 Å². The van der Waals surface area contributed by atoms with Crippen LogP contribution in [0.15, 0.2) is 40.3 Å². The van der Waals surface area contributed by atoms with Crippen LogP contribution in [-0.2, 0) is 0 Å². The molecule has 24 heavy (non-hydrogen) atoms. The number of rotatable bonds is 2. The van der Waals surface area contributed by atoms with Crippen LogP contribution in [0.1, 0.15) is 38.2 Å². The van der Waals surface area contributed by atoms with E-state index in [0.29, 0.717) is 10.6 Å². The first kappa shape index (κ1) is 16.2. The lowest BCUT2D eigenvalue weighted by Crippen LogP contribution is -2.25. The van der Waals surface area contributed by atoms with Gasteiger partial charge in [0.05, 0.1) is 11.1 Å². The number of benzene rings is 1. The molecule has 0 radical (unpaired) electrons. The van der Waals surface area contributed by atoms with Crippen molar-refractivity contribution in [1.82, 2.24) is 4.90 Å². The average molecular weight is 344 g/mol. The minimum atomic E-state index is -0.470. The summed E-state index contributed by atoms with van der Waals surface area (Å²) in [7, 11) is 3.11. The van der Waals surface area contributed by atoms with Gasteiger partial charge in [-0.05, 0) is 37.3 Å². The zero-order chi connectivity index (χ0) is 17.6. The lowest BCUT2D eigenvalue weighted by atomic mass is 9.89. The Labute approximate surface area is 143 Å². The van der Waals surface area contributed by atoms with Gasteiger partial charge in [-0.2, -0.15) is 0 Å². The van der Waals surface area contributed by atoms with Crippen LogP contribution in [0.2, 0.25) is 5.02 Å². The van der Waals surface area contributed by atoms with E-state index < -0.39 is 5.91 Å². The van der Waals surface area contributed by atoms with Gasteiger partial charge < -0.3 is 9.32 Å². The van der Waals surface area contributed by atoms with Crippen molar-refractivity contribution < 1.29 is 18.8 Å². The number of amides is 1. The summed E-state index contributed by atoms with van der Waals surface area (Å²) < 4.78 is 5.70. The van der Waals surface area contributed by atoms with Crippen LogP contribution in [0, 0.1) is 0 Å². The first-order valence-corrected chi connectivity index (χ1v) is 7.60. The van der Waals surface area contributed by atoms with E-state index in [1.165, 1.54) is 11.0 Å². The van der Waals surface area contributed by atoms with Gasteiger partial charge in [-0.25, -0.2) is 0 Å². The Morgan fingerprint density at radius 1 is 1.08 bits per heavy atom. The van der Waals surface area contributed by atoms with Crippen molar-refractivity contribution in [3.05, 3.63) is 57.8 Å². The predicted octanol–water partition coefficient (Wildman–Crippen LogP) is 3.63. The second kappa shape index (κ2) is 5.76. The highest BCUT2D eigenvalue weighted by atomic mass is 35.5. The van der Waals surface area contributed by atoms with Crippen molar-refractivity contribution in [2.24, 2.45) is 0 Å². The van der Waals surface area contributed by atoms with Crippen LogP contribution in [0.5, 0.6) is 0 Å². The van der Waals surface area contributed by atoms with Gasteiger partial charge in [-0.15, -0.1) is 0 Å². The maximum absolute atomic E-state index is 12.5. The molecule has 1 aromatic carbocycles. The molecule has 1 heterocycles. The second-order valence-electron chi connectivity index (χ2n) is 5.74. The van der Waals surface area contributed by atoms with Crippen LogP contribution in [0.25, 0.3) is 11.3 Å². The van der Waals surface area contributed by atoms with Gasteiger partial charge >= 0.3 is 0 Å². The van der Waals surface area contributed by atoms with E-state index >= 15 is 0 Å². The number of Topliss-reactive ketones (excluding diaryl/α,β-unsaturated/α-hetero) is 1. The Kier molecular flexibility index (Phi) is 3.89. The molecule has 122 valence electrons. The summed E-state index contributed by atoms with van der Waals surface area (Å²) >= 11 is 5.89. The van der Waals surface area contributed by atoms with Gasteiger partial charge in [0.2, 0.25) is 5.76 Å². The number of carbonyl (C=O) groups excluding carboxylic acids is 3. The summed E-state index contributed by atoms with van der Waals surface area (Å²) in [5.41, 5.74) is 1.01. The Hall–Kier alpha value is -2.66. The number of furan rings is 1. The summed E-state index contributed by atoms with van der Waals surface area (Å²) in [5, 5.41) is 0.530. The highest BCUT2D eigenvalue weighted by Crippen LogP contribution is 2.37. The zero-order valence-corrected chi connectivity index (χ0v) is 14.1. The van der Waals surface area contributed by atoms with Gasteiger partial charge in [0.25, 0.3) is 5.91 Å². The quantitative estimate of drug-likeness (QED) is 0.835. The number of ketones is 2. The molecule has 1 amide bonds. The van der Waals surface area contributed by atoms with E-state index in [9.17, 15) is 14.4 Å². The van der Waals surface area contributed by atoms with Crippen LogP contribution in [-0.4, -0.2) is 36.5 Å². The maximum Gasteiger partial charge on any atom is 0.289 e. The molecule has 0 N–H and O–H groups in total. The van der Waals surface area contributed by atoms with Crippen molar-refractivity contribution in [2.45, 2.75) is 6.92 Å². The van der Waals surface area contributed by atoms with Crippen LogP contribution < -0.4 is 0 Å². The number of nitrogens with zero attached hydrogens (tertiary/aromatic N) is 1. The first-order valence-electron chi connectivity index (χ1n) is 7.23. The fourth-order valence-electron chi connectivity index (χ4n) is 2.57. The molecule has 0 saturated carbocycles. The highest BCUT2D eigenvalue weighted by molar-refractivity contribution is 6.31. The molecule has 0 fully saturated rings. The smallest absolute Gasteiger partial charge is 0.289 e. The normalized spacial score (nSPS) is 13.6. The van der Waals surface area contributed by atoms with Crippen molar-refractivity contribution in [2.75, 3.05) is 14.1 Å². The summed E-state index contributed by atoms with van der Waals surface area (Å²) in [4.78, 5) is 38.7. The molecule has 0 unspecified atom stereocenters. The Morgan fingerprint density at radius 2 is 1.71 bits per heavy atom. The lowest BCUT2D eigenvalue weighted by molar-refractivity contribution is 0.0791. The van der Waals surface area contributed by atoms with Crippen LogP contribution in [0.3, 0.4) is 0 Å². The summed E-state index contributed by atoms with van der Waals surface area (Å²) in [5.74, 6) is -1.12. The van der Waals surface area contributed by atoms with E-state index in [1.807, 2.05) is 0 Å². The number of allylic oxidation sites excluding steroid dienone is 2. The fraction of sp³-hybridized carbons (Fsp3) is 0.167. The van der Waals surface area contributed by atoms with Crippen molar-refractivity contribution in [3.8, 4) is 11.3 Å². The van der Waals surface area contributed by atoms with E-state index in [1.54, 1.807) is 45.3 Å². The van der Waals surface area contributed by atoms with Crippen molar-refractivity contribution in [1.29, 1.82) is 0 Å². The largest absolute Gasteiger partial charge is 0.449 e. The van der Waals surface area contributed by atoms with Crippen LogP contribution >= 0.6 is 11.6 Å². The third-order valence-corrected chi connectivity index (χ3v) is 4.05. The number of hydrogen-bond donors (Lipinski definition) is 0. The second-order valence-corrected chi connectivity index (χ2v) is 6.17. The third kappa shape index (κ3) is 2.47. The van der Waals surface area contributed by atoms with Gasteiger partial charge in [-0.1, -0.05) is 11.6 Å². The molecule has 0 atom stereocenters. The Bertz CT molecular complexity index is 904. The number of halogens is 1. The topological polar surface area (TPSA) is 67.6 Å². The highest BCUT2D eigenvalue weighted by Gasteiger charge is 2.36. The van der Waals surface area contributed by atoms with Crippen LogP contribution in [0.4, 0.5) is 0 Å². The molecule has 2 aromatic rings. The van der Waals surface area contributed by atoms with Crippen molar-refractivity contribution in [3.63, 3.8) is 0 Å². The molecule has 0 spiro atoms. The number of carbonyl (C=O) groups is 3. The maximum atomic E-state index is 12.5. The first-order chi connectivity index (χ1) is 11.3.